The van der Waals surface area contributed by atoms with Crippen LogP contribution in [0, 0.1) is 11.8 Å². The van der Waals surface area contributed by atoms with Crippen molar-refractivity contribution in [3.63, 3.8) is 0 Å². The van der Waals surface area contributed by atoms with Crippen molar-refractivity contribution in [1.29, 1.82) is 0 Å². The Hall–Kier alpha value is -2.57. The van der Waals surface area contributed by atoms with Crippen LogP contribution in [0.2, 0.25) is 0 Å². The molecule has 0 spiro atoms. The molecule has 2 aromatic carbocycles. The molecule has 0 bridgehead atoms. The summed E-state index contributed by atoms with van der Waals surface area (Å²) in [6.07, 6.45) is 1.91. The number of carbonyl (C=O) groups is 1. The Bertz CT molecular complexity index is 726. The van der Waals surface area contributed by atoms with Gasteiger partial charge in [-0.1, -0.05) is 61.2 Å². The third-order valence-electron chi connectivity index (χ3n) is 4.08. The summed E-state index contributed by atoms with van der Waals surface area (Å²) in [4.78, 5) is 12.6. The van der Waals surface area contributed by atoms with Crippen molar-refractivity contribution >= 4 is 5.91 Å². The Balaban J connectivity index is 2.05. The normalized spacial score (nSPS) is 12.6. The van der Waals surface area contributed by atoms with Crippen LogP contribution in [-0.4, -0.2) is 17.6 Å². The van der Waals surface area contributed by atoms with Gasteiger partial charge in [0, 0.05) is 12.0 Å². The third-order valence-corrected chi connectivity index (χ3v) is 4.08. The standard InChI is InChI=1S/C22H25NO2/c1-3-4-6-9-18-12-14-20(15-13-18)21(16-24)22(25)23-17(2)19-10-7-5-8-11-19/h5,7-8,10-15,17,21,24H,3-4,16H2,1-2H3,(H,23,25)/t17-,21-/m1/s1. The summed E-state index contributed by atoms with van der Waals surface area (Å²) in [5, 5.41) is 12.7. The first kappa shape index (κ1) is 18.8. The number of hydrogen-bond acceptors (Lipinski definition) is 2. The number of unbranched alkanes of at least 4 members (excludes halogenated alkanes) is 1. The van der Waals surface area contributed by atoms with Crippen LogP contribution in [0.3, 0.4) is 0 Å². The van der Waals surface area contributed by atoms with Crippen LogP contribution in [0.15, 0.2) is 54.6 Å². The van der Waals surface area contributed by atoms with Gasteiger partial charge < -0.3 is 10.4 Å². The van der Waals surface area contributed by atoms with E-state index in [-0.39, 0.29) is 18.6 Å². The summed E-state index contributed by atoms with van der Waals surface area (Å²) in [6, 6.07) is 17.2. The fourth-order valence-electron chi connectivity index (χ4n) is 2.57. The molecule has 0 heterocycles. The molecule has 3 nitrogen and oxygen atoms in total. The maximum atomic E-state index is 12.6. The maximum absolute atomic E-state index is 12.6. The molecule has 1 amide bonds. The molecule has 25 heavy (non-hydrogen) atoms. The summed E-state index contributed by atoms with van der Waals surface area (Å²) >= 11 is 0. The second kappa shape index (κ2) is 9.66. The number of aliphatic hydroxyl groups is 1. The van der Waals surface area contributed by atoms with Crippen LogP contribution in [0.1, 0.15) is 55.3 Å². The largest absolute Gasteiger partial charge is 0.395 e. The highest BCUT2D eigenvalue weighted by Crippen LogP contribution is 2.19. The van der Waals surface area contributed by atoms with E-state index in [4.69, 9.17) is 0 Å². The Kier molecular flexibility index (Phi) is 7.25. The fraction of sp³-hybridized carbons (Fsp3) is 0.318. The van der Waals surface area contributed by atoms with Crippen LogP contribution in [0.4, 0.5) is 0 Å². The van der Waals surface area contributed by atoms with Crippen molar-refractivity contribution in [3.05, 3.63) is 71.3 Å². The lowest BCUT2D eigenvalue weighted by atomic mass is 9.97. The van der Waals surface area contributed by atoms with Gasteiger partial charge in [0.25, 0.3) is 0 Å². The number of aliphatic hydroxyl groups excluding tert-OH is 1. The lowest BCUT2D eigenvalue weighted by Gasteiger charge is -2.19. The lowest BCUT2D eigenvalue weighted by Crippen LogP contribution is -2.33. The summed E-state index contributed by atoms with van der Waals surface area (Å²) < 4.78 is 0. The molecule has 3 heteroatoms. The Labute approximate surface area is 150 Å². The first-order valence-electron chi connectivity index (χ1n) is 8.70. The molecule has 0 radical (unpaired) electrons. The zero-order chi connectivity index (χ0) is 18.1. The molecular weight excluding hydrogens is 310 g/mol. The minimum absolute atomic E-state index is 0.109. The van der Waals surface area contributed by atoms with Gasteiger partial charge in [0.2, 0.25) is 5.91 Å². The van der Waals surface area contributed by atoms with Gasteiger partial charge in [-0.3, -0.25) is 4.79 Å². The first-order valence-corrected chi connectivity index (χ1v) is 8.70. The van der Waals surface area contributed by atoms with Crippen LogP contribution < -0.4 is 5.32 Å². The van der Waals surface area contributed by atoms with Gasteiger partial charge >= 0.3 is 0 Å². The highest BCUT2D eigenvalue weighted by molar-refractivity contribution is 5.84. The summed E-state index contributed by atoms with van der Waals surface area (Å²) in [5.74, 6) is 5.45. The number of benzene rings is 2. The van der Waals surface area contributed by atoms with Gasteiger partial charge in [-0.25, -0.2) is 0 Å². The molecule has 2 atom stereocenters. The van der Waals surface area contributed by atoms with Crippen LogP contribution in [-0.2, 0) is 4.79 Å². The van der Waals surface area contributed by atoms with Crippen LogP contribution in [0.25, 0.3) is 0 Å². The molecule has 0 saturated heterocycles. The highest BCUT2D eigenvalue weighted by atomic mass is 16.3. The van der Waals surface area contributed by atoms with Crippen molar-refractivity contribution in [2.24, 2.45) is 0 Å². The van der Waals surface area contributed by atoms with E-state index in [1.165, 1.54) is 0 Å². The molecule has 0 unspecified atom stereocenters. The number of amides is 1. The predicted molar refractivity (Wildman–Crippen MR) is 101 cm³/mol. The van der Waals surface area contributed by atoms with Crippen molar-refractivity contribution in [1.82, 2.24) is 5.32 Å². The smallest absolute Gasteiger partial charge is 0.230 e. The van der Waals surface area contributed by atoms with Gasteiger partial charge in [0.15, 0.2) is 0 Å². The molecule has 2 rings (SSSR count). The number of carbonyl (C=O) groups excluding carboxylic acids is 1. The van der Waals surface area contributed by atoms with E-state index in [9.17, 15) is 9.90 Å². The van der Waals surface area contributed by atoms with E-state index >= 15 is 0 Å². The fourth-order valence-corrected chi connectivity index (χ4v) is 2.57. The van der Waals surface area contributed by atoms with Crippen LogP contribution >= 0.6 is 0 Å². The van der Waals surface area contributed by atoms with Gasteiger partial charge in [0.05, 0.1) is 18.6 Å². The van der Waals surface area contributed by atoms with E-state index in [1.54, 1.807) is 0 Å². The molecule has 0 saturated carbocycles. The van der Waals surface area contributed by atoms with Crippen LogP contribution in [0.5, 0.6) is 0 Å². The van der Waals surface area contributed by atoms with Crippen molar-refractivity contribution < 1.29 is 9.90 Å². The van der Waals surface area contributed by atoms with Gasteiger partial charge in [-0.2, -0.15) is 0 Å². The molecule has 0 fully saturated rings. The minimum Gasteiger partial charge on any atom is -0.395 e. The number of rotatable bonds is 6. The molecule has 0 aromatic heterocycles. The van der Waals surface area contributed by atoms with Gasteiger partial charge in [-0.05, 0) is 36.6 Å². The average molecular weight is 335 g/mol. The van der Waals surface area contributed by atoms with E-state index < -0.39 is 5.92 Å². The van der Waals surface area contributed by atoms with E-state index in [0.29, 0.717) is 0 Å². The second-order valence-electron chi connectivity index (χ2n) is 6.05. The van der Waals surface area contributed by atoms with E-state index in [2.05, 4.69) is 24.1 Å². The SMILES string of the molecule is CCCC#Cc1ccc([C@@H](CO)C(=O)N[C@H](C)c2ccccc2)cc1. The molecule has 0 aliphatic carbocycles. The predicted octanol–water partition coefficient (Wildman–Crippen LogP) is 3.79. The van der Waals surface area contributed by atoms with Crippen molar-refractivity contribution in [3.8, 4) is 11.8 Å². The highest BCUT2D eigenvalue weighted by Gasteiger charge is 2.21. The molecule has 0 aliphatic heterocycles. The van der Waals surface area contributed by atoms with Gasteiger partial charge in [0.1, 0.15) is 0 Å². The van der Waals surface area contributed by atoms with E-state index in [1.807, 2.05) is 61.5 Å². The molecular formula is C22H25NO2. The molecule has 2 N–H and O–H groups in total. The van der Waals surface area contributed by atoms with E-state index in [0.717, 1.165) is 29.5 Å². The molecule has 130 valence electrons. The number of nitrogens with one attached hydrogen (secondary N) is 1. The molecule has 0 aliphatic rings. The first-order chi connectivity index (χ1) is 12.2. The minimum atomic E-state index is -0.580. The summed E-state index contributed by atoms with van der Waals surface area (Å²) in [7, 11) is 0. The second-order valence-corrected chi connectivity index (χ2v) is 6.05. The molecule has 2 aromatic rings. The van der Waals surface area contributed by atoms with Crippen molar-refractivity contribution in [2.45, 2.75) is 38.6 Å². The van der Waals surface area contributed by atoms with Crippen molar-refractivity contribution in [2.75, 3.05) is 6.61 Å². The summed E-state index contributed by atoms with van der Waals surface area (Å²) in [6.45, 7) is 3.81. The zero-order valence-corrected chi connectivity index (χ0v) is 14.8. The zero-order valence-electron chi connectivity index (χ0n) is 14.8. The quantitative estimate of drug-likeness (QED) is 0.789. The third kappa shape index (κ3) is 5.48. The van der Waals surface area contributed by atoms with Gasteiger partial charge in [-0.15, -0.1) is 0 Å². The Morgan fingerprint density at radius 3 is 2.36 bits per heavy atom. The summed E-state index contributed by atoms with van der Waals surface area (Å²) in [5.41, 5.74) is 2.75. The number of hydrogen-bond donors (Lipinski definition) is 2. The lowest BCUT2D eigenvalue weighted by molar-refractivity contribution is -0.124. The monoisotopic (exact) mass is 335 g/mol. The average Bonchev–Trinajstić information content (AvgIpc) is 2.64. The Morgan fingerprint density at radius 1 is 1.08 bits per heavy atom. The topological polar surface area (TPSA) is 49.3 Å². The maximum Gasteiger partial charge on any atom is 0.230 e. The Morgan fingerprint density at radius 2 is 1.76 bits per heavy atom.